The molecular weight excluding hydrogens is 422 g/mol. The van der Waals surface area contributed by atoms with Gasteiger partial charge in [-0.05, 0) is 83.2 Å². The number of nitrogens with zero attached hydrogens (tertiary/aromatic N) is 3. The minimum Gasteiger partial charge on any atom is -0.483 e. The first-order chi connectivity index (χ1) is 15.6. The average molecular weight is 462 g/mol. The van der Waals surface area contributed by atoms with Gasteiger partial charge in [0.05, 0.1) is 5.60 Å². The maximum Gasteiger partial charge on any atom is 0.290 e. The van der Waals surface area contributed by atoms with Gasteiger partial charge < -0.3 is 19.9 Å². The van der Waals surface area contributed by atoms with Gasteiger partial charge in [0.15, 0.2) is 0 Å². The molecule has 0 atom stereocenters. The van der Waals surface area contributed by atoms with Crippen LogP contribution in [0.5, 0.6) is 0 Å². The summed E-state index contributed by atoms with van der Waals surface area (Å²) in [4.78, 5) is 24.0. The van der Waals surface area contributed by atoms with E-state index >= 15 is 0 Å². The zero-order chi connectivity index (χ0) is 25.0. The molecular formula is C25H39N3O5. The van der Waals surface area contributed by atoms with Gasteiger partial charge in [-0.15, -0.1) is 0 Å². The predicted molar refractivity (Wildman–Crippen MR) is 129 cm³/mol. The van der Waals surface area contributed by atoms with Gasteiger partial charge in [0.1, 0.15) is 5.82 Å². The van der Waals surface area contributed by atoms with Crippen molar-refractivity contribution < 1.29 is 24.9 Å². The molecule has 8 heteroatoms. The van der Waals surface area contributed by atoms with E-state index < -0.39 is 5.60 Å². The van der Waals surface area contributed by atoms with Crippen LogP contribution >= 0.6 is 0 Å². The molecule has 3 N–H and O–H groups in total. The summed E-state index contributed by atoms with van der Waals surface area (Å²) in [5.74, 6) is 1.87. The van der Waals surface area contributed by atoms with Crippen LogP contribution in [0, 0.1) is 19.8 Å². The Kier molecular flexibility index (Phi) is 11.8. The van der Waals surface area contributed by atoms with Crippen molar-refractivity contribution in [3.63, 3.8) is 0 Å². The molecule has 3 rings (SSSR count). The third-order valence-corrected chi connectivity index (χ3v) is 5.85. The molecule has 1 aliphatic heterocycles. The lowest BCUT2D eigenvalue weighted by Crippen LogP contribution is -2.32. The summed E-state index contributed by atoms with van der Waals surface area (Å²) < 4.78 is 2.17. The Balaban J connectivity index is 0.000000819. The van der Waals surface area contributed by atoms with Crippen LogP contribution in [0.15, 0.2) is 24.5 Å². The Labute approximate surface area is 196 Å². The van der Waals surface area contributed by atoms with Crippen LogP contribution in [-0.4, -0.2) is 61.4 Å². The number of benzene rings is 1. The first-order valence-electron chi connectivity index (χ1n) is 11.3. The summed E-state index contributed by atoms with van der Waals surface area (Å²) in [7, 11) is 0. The summed E-state index contributed by atoms with van der Waals surface area (Å²) in [5.41, 5.74) is 4.58. The number of likely N-dealkylation sites (tertiary alicyclic amines) is 1. The molecule has 0 spiro atoms. The van der Waals surface area contributed by atoms with E-state index in [2.05, 4.69) is 47.4 Å². The monoisotopic (exact) mass is 461 g/mol. The smallest absolute Gasteiger partial charge is 0.290 e. The molecule has 2 heterocycles. The number of aromatic nitrogens is 2. The molecule has 1 aliphatic rings. The first-order valence-corrected chi connectivity index (χ1v) is 11.3. The topological polar surface area (TPSA) is 116 Å². The van der Waals surface area contributed by atoms with E-state index in [9.17, 15) is 5.11 Å². The quantitative estimate of drug-likeness (QED) is 0.558. The fourth-order valence-electron chi connectivity index (χ4n) is 3.92. The van der Waals surface area contributed by atoms with Crippen LogP contribution in [0.4, 0.5) is 0 Å². The van der Waals surface area contributed by atoms with Gasteiger partial charge in [-0.3, -0.25) is 14.5 Å². The fraction of sp³-hybridized carbons (Fsp3) is 0.560. The number of carboxylic acid groups (broad SMARTS) is 2. The molecule has 0 amide bonds. The Morgan fingerprint density at radius 2 is 1.70 bits per heavy atom. The summed E-state index contributed by atoms with van der Waals surface area (Å²) in [6, 6.07) is 4.58. The summed E-state index contributed by atoms with van der Waals surface area (Å²) in [5, 5.41) is 23.9. The third kappa shape index (κ3) is 9.75. The molecule has 33 heavy (non-hydrogen) atoms. The highest BCUT2D eigenvalue weighted by molar-refractivity contribution is 5.64. The molecule has 1 aromatic carbocycles. The molecule has 0 aliphatic carbocycles. The van der Waals surface area contributed by atoms with Crippen LogP contribution in [0.3, 0.4) is 0 Å². The van der Waals surface area contributed by atoms with E-state index in [0.717, 1.165) is 24.8 Å². The van der Waals surface area contributed by atoms with Gasteiger partial charge in [-0.1, -0.05) is 18.6 Å². The van der Waals surface area contributed by atoms with Crippen LogP contribution in [0.2, 0.25) is 0 Å². The minimum atomic E-state index is -0.667. The zero-order valence-electron chi connectivity index (χ0n) is 20.5. The highest BCUT2D eigenvalue weighted by atomic mass is 16.3. The third-order valence-electron chi connectivity index (χ3n) is 5.85. The minimum absolute atomic E-state index is 0.250. The van der Waals surface area contributed by atoms with Crippen LogP contribution in [0.1, 0.15) is 56.7 Å². The van der Waals surface area contributed by atoms with Crippen molar-refractivity contribution in [3.05, 3.63) is 41.2 Å². The van der Waals surface area contributed by atoms with E-state index in [1.807, 2.05) is 26.2 Å². The molecule has 8 nitrogen and oxygen atoms in total. The van der Waals surface area contributed by atoms with E-state index in [1.54, 1.807) is 0 Å². The summed E-state index contributed by atoms with van der Waals surface area (Å²) in [6.07, 6.45) is 7.21. The molecule has 184 valence electrons. The molecule has 0 saturated carbocycles. The summed E-state index contributed by atoms with van der Waals surface area (Å²) >= 11 is 0. The Hall–Kier alpha value is -2.71. The van der Waals surface area contributed by atoms with Gasteiger partial charge in [0.2, 0.25) is 0 Å². The number of aliphatic hydroxyl groups is 1. The van der Waals surface area contributed by atoms with Gasteiger partial charge in [-0.25, -0.2) is 4.98 Å². The van der Waals surface area contributed by atoms with Gasteiger partial charge >= 0.3 is 0 Å². The Bertz CT molecular complexity index is 859. The van der Waals surface area contributed by atoms with Crippen molar-refractivity contribution in [1.82, 2.24) is 14.5 Å². The highest BCUT2D eigenvalue weighted by Crippen LogP contribution is 2.29. The van der Waals surface area contributed by atoms with Gasteiger partial charge in [-0.2, -0.15) is 0 Å². The van der Waals surface area contributed by atoms with Crippen LogP contribution < -0.4 is 0 Å². The Morgan fingerprint density at radius 1 is 1.12 bits per heavy atom. The second kappa shape index (κ2) is 13.7. The molecule has 0 unspecified atom stereocenters. The van der Waals surface area contributed by atoms with Crippen molar-refractivity contribution in [1.29, 1.82) is 0 Å². The lowest BCUT2D eigenvalue weighted by molar-refractivity contribution is -0.123. The SMILES string of the molecule is Cc1cc(CN2CCC(C)CC2)c(C)c(-c2nccn2CCC(C)(C)O)c1.O=CO.O=CO. The number of hydrogen-bond donors (Lipinski definition) is 3. The van der Waals surface area contributed by atoms with E-state index in [4.69, 9.17) is 19.8 Å². The molecule has 1 fully saturated rings. The number of carbonyl (C=O) groups is 2. The van der Waals surface area contributed by atoms with Crippen molar-refractivity contribution in [2.24, 2.45) is 5.92 Å². The largest absolute Gasteiger partial charge is 0.483 e. The van der Waals surface area contributed by atoms with Crippen molar-refractivity contribution in [3.8, 4) is 11.4 Å². The summed E-state index contributed by atoms with van der Waals surface area (Å²) in [6.45, 7) is 14.2. The van der Waals surface area contributed by atoms with E-state index in [-0.39, 0.29) is 12.9 Å². The second-order valence-corrected chi connectivity index (χ2v) is 9.27. The molecule has 2 aromatic rings. The second-order valence-electron chi connectivity index (χ2n) is 9.27. The molecule has 1 saturated heterocycles. The predicted octanol–water partition coefficient (Wildman–Crippen LogP) is 3.96. The maximum atomic E-state index is 10.1. The van der Waals surface area contributed by atoms with Gasteiger partial charge in [0.25, 0.3) is 12.9 Å². The lowest BCUT2D eigenvalue weighted by Gasteiger charge is -2.31. The number of piperidine rings is 1. The maximum absolute atomic E-state index is 10.1. The fourth-order valence-corrected chi connectivity index (χ4v) is 3.92. The standard InChI is InChI=1S/C23H35N3O.2CH2O2/c1-17-6-10-25(11-7-17)16-20-14-18(2)15-21(19(20)3)22-24-9-13-26(22)12-8-23(4,5)27;2*2-1-3/h9,13-15,17,27H,6-8,10-12,16H2,1-5H3;2*1H,(H,2,3). The van der Waals surface area contributed by atoms with Crippen LogP contribution in [-0.2, 0) is 22.7 Å². The normalized spacial score (nSPS) is 14.5. The van der Waals surface area contributed by atoms with Crippen LogP contribution in [0.25, 0.3) is 11.4 Å². The number of aryl methyl sites for hydroxylation is 2. The first kappa shape index (κ1) is 28.3. The number of imidazole rings is 1. The van der Waals surface area contributed by atoms with Crippen molar-refractivity contribution in [2.45, 2.75) is 72.6 Å². The molecule has 0 bridgehead atoms. The van der Waals surface area contributed by atoms with Gasteiger partial charge in [0, 0.05) is 31.0 Å². The van der Waals surface area contributed by atoms with Crippen molar-refractivity contribution >= 4 is 12.9 Å². The van der Waals surface area contributed by atoms with Crippen molar-refractivity contribution in [2.75, 3.05) is 13.1 Å². The lowest BCUT2D eigenvalue weighted by atomic mass is 9.95. The van der Waals surface area contributed by atoms with E-state index in [0.29, 0.717) is 6.42 Å². The molecule has 1 aromatic heterocycles. The average Bonchev–Trinajstić information content (AvgIpc) is 3.20. The molecule has 0 radical (unpaired) electrons. The van der Waals surface area contributed by atoms with E-state index in [1.165, 1.54) is 48.2 Å². The number of hydrogen-bond acceptors (Lipinski definition) is 5. The zero-order valence-corrected chi connectivity index (χ0v) is 20.5. The Morgan fingerprint density at radius 3 is 2.24 bits per heavy atom. The number of rotatable bonds is 6. The highest BCUT2D eigenvalue weighted by Gasteiger charge is 2.19.